The van der Waals surface area contributed by atoms with Gasteiger partial charge in [0.2, 0.25) is 0 Å². The highest BCUT2D eigenvalue weighted by atomic mass is 79.9. The molecule has 2 heterocycles. The molecule has 0 fully saturated rings. The normalized spacial score (nSPS) is 12.9. The molecular weight excluding hydrogens is 300 g/mol. The molecule has 5 heteroatoms. The van der Waals surface area contributed by atoms with Crippen molar-refractivity contribution in [2.45, 2.75) is 32.9 Å². The average Bonchev–Trinajstić information content (AvgIpc) is 2.93. The maximum atomic E-state index is 10.4. The fourth-order valence-electron chi connectivity index (χ4n) is 1.77. The van der Waals surface area contributed by atoms with Crippen molar-refractivity contribution in [3.05, 3.63) is 38.3 Å². The van der Waals surface area contributed by atoms with E-state index in [2.05, 4.69) is 28.0 Å². The van der Waals surface area contributed by atoms with Crippen LogP contribution in [0, 0.1) is 0 Å². The van der Waals surface area contributed by atoms with Gasteiger partial charge in [-0.3, -0.25) is 4.68 Å². The zero-order chi connectivity index (χ0) is 12.4. The van der Waals surface area contributed by atoms with Gasteiger partial charge in [-0.1, -0.05) is 6.92 Å². The van der Waals surface area contributed by atoms with E-state index in [-0.39, 0.29) is 0 Å². The number of aryl methyl sites for hydroxylation is 2. The van der Waals surface area contributed by atoms with Gasteiger partial charge in [0, 0.05) is 11.0 Å². The second-order valence-electron chi connectivity index (χ2n) is 3.77. The molecule has 0 bridgehead atoms. The topological polar surface area (TPSA) is 38.0 Å². The van der Waals surface area contributed by atoms with E-state index in [4.69, 9.17) is 0 Å². The molecule has 0 saturated carbocycles. The maximum Gasteiger partial charge on any atom is 0.131 e. The minimum absolute atomic E-state index is 0.600. The average molecular weight is 315 g/mol. The molecule has 1 N–H and O–H groups in total. The van der Waals surface area contributed by atoms with Gasteiger partial charge in [-0.2, -0.15) is 5.10 Å². The number of thiophene rings is 1. The molecule has 1 atom stereocenters. The van der Waals surface area contributed by atoms with Crippen molar-refractivity contribution in [1.29, 1.82) is 0 Å². The van der Waals surface area contributed by atoms with E-state index >= 15 is 0 Å². The highest BCUT2D eigenvalue weighted by molar-refractivity contribution is 9.10. The number of nitrogens with zero attached hydrogens (tertiary/aromatic N) is 2. The van der Waals surface area contributed by atoms with Crippen LogP contribution in [0.1, 0.15) is 36.2 Å². The van der Waals surface area contributed by atoms with E-state index < -0.39 is 6.10 Å². The van der Waals surface area contributed by atoms with Crippen LogP contribution < -0.4 is 0 Å². The fourth-order valence-corrected chi connectivity index (χ4v) is 3.35. The Balaban J connectivity index is 2.39. The standard InChI is InChI=1S/C12H15BrN2OS/c1-3-8-7-10(15(4-2)14-8)11(16)12-9(13)5-6-17-12/h5-7,11,16H,3-4H2,1-2H3. The van der Waals surface area contributed by atoms with Gasteiger partial charge in [-0.05, 0) is 46.8 Å². The van der Waals surface area contributed by atoms with Crippen LogP contribution >= 0.6 is 27.3 Å². The summed E-state index contributed by atoms with van der Waals surface area (Å²) >= 11 is 5.01. The summed E-state index contributed by atoms with van der Waals surface area (Å²) in [6.45, 7) is 4.88. The molecule has 2 aromatic rings. The summed E-state index contributed by atoms with van der Waals surface area (Å²) in [5, 5.41) is 16.8. The molecule has 92 valence electrons. The summed E-state index contributed by atoms with van der Waals surface area (Å²) < 4.78 is 2.83. The number of halogens is 1. The first-order valence-corrected chi connectivity index (χ1v) is 7.32. The van der Waals surface area contributed by atoms with Crippen LogP contribution in [0.25, 0.3) is 0 Å². The summed E-state index contributed by atoms with van der Waals surface area (Å²) in [4.78, 5) is 0.933. The molecule has 0 aliphatic rings. The first kappa shape index (κ1) is 12.8. The monoisotopic (exact) mass is 314 g/mol. The van der Waals surface area contributed by atoms with E-state index in [9.17, 15) is 5.11 Å². The van der Waals surface area contributed by atoms with Crippen LogP contribution in [0.4, 0.5) is 0 Å². The molecule has 3 nitrogen and oxygen atoms in total. The van der Waals surface area contributed by atoms with Crippen molar-refractivity contribution in [1.82, 2.24) is 9.78 Å². The van der Waals surface area contributed by atoms with Crippen LogP contribution in [-0.4, -0.2) is 14.9 Å². The highest BCUT2D eigenvalue weighted by Gasteiger charge is 2.20. The Kier molecular flexibility index (Phi) is 4.01. The van der Waals surface area contributed by atoms with Crippen molar-refractivity contribution in [2.75, 3.05) is 0 Å². The van der Waals surface area contributed by atoms with Crippen molar-refractivity contribution in [2.24, 2.45) is 0 Å². The zero-order valence-corrected chi connectivity index (χ0v) is 12.3. The molecule has 2 rings (SSSR count). The highest BCUT2D eigenvalue weighted by Crippen LogP contribution is 2.33. The summed E-state index contributed by atoms with van der Waals surface area (Å²) in [6.07, 6.45) is 0.287. The molecule has 0 aliphatic carbocycles. The molecule has 0 spiro atoms. The molecule has 0 aromatic carbocycles. The fraction of sp³-hybridized carbons (Fsp3) is 0.417. The first-order valence-electron chi connectivity index (χ1n) is 5.64. The Morgan fingerprint density at radius 3 is 2.82 bits per heavy atom. The summed E-state index contributed by atoms with van der Waals surface area (Å²) in [6, 6.07) is 3.94. The van der Waals surface area contributed by atoms with E-state index in [0.29, 0.717) is 0 Å². The Morgan fingerprint density at radius 2 is 2.29 bits per heavy atom. The SMILES string of the molecule is CCc1cc(C(O)c2sccc2Br)n(CC)n1. The second-order valence-corrected chi connectivity index (χ2v) is 5.57. The molecule has 17 heavy (non-hydrogen) atoms. The van der Waals surface area contributed by atoms with Crippen LogP contribution in [0.5, 0.6) is 0 Å². The largest absolute Gasteiger partial charge is 0.381 e. The lowest BCUT2D eigenvalue weighted by molar-refractivity contribution is 0.211. The number of hydrogen-bond acceptors (Lipinski definition) is 3. The molecule has 0 aliphatic heterocycles. The summed E-state index contributed by atoms with van der Waals surface area (Å²) in [5.41, 5.74) is 1.89. The van der Waals surface area contributed by atoms with Gasteiger partial charge in [0.15, 0.2) is 0 Å². The Labute approximate surface area is 113 Å². The predicted octanol–water partition coefficient (Wildman–Crippen LogP) is 3.37. The van der Waals surface area contributed by atoms with Gasteiger partial charge in [-0.15, -0.1) is 11.3 Å². The molecule has 0 saturated heterocycles. The maximum absolute atomic E-state index is 10.4. The minimum atomic E-state index is -0.600. The Hall–Kier alpha value is -0.650. The number of aliphatic hydroxyl groups excluding tert-OH is 1. The van der Waals surface area contributed by atoms with Gasteiger partial charge < -0.3 is 5.11 Å². The van der Waals surface area contributed by atoms with E-state index in [0.717, 1.165) is 33.7 Å². The zero-order valence-electron chi connectivity index (χ0n) is 9.85. The van der Waals surface area contributed by atoms with Gasteiger partial charge in [0.25, 0.3) is 0 Å². The van der Waals surface area contributed by atoms with Crippen molar-refractivity contribution in [3.8, 4) is 0 Å². The molecule has 2 aromatic heterocycles. The number of aliphatic hydroxyl groups is 1. The third kappa shape index (κ3) is 2.46. The predicted molar refractivity (Wildman–Crippen MR) is 73.4 cm³/mol. The van der Waals surface area contributed by atoms with Gasteiger partial charge in [-0.25, -0.2) is 0 Å². The third-order valence-corrected chi connectivity index (χ3v) is 4.62. The molecular formula is C12H15BrN2OS. The lowest BCUT2D eigenvalue weighted by Gasteiger charge is -2.11. The Morgan fingerprint density at radius 1 is 1.53 bits per heavy atom. The van der Waals surface area contributed by atoms with E-state index in [1.54, 1.807) is 11.3 Å². The third-order valence-electron chi connectivity index (χ3n) is 2.70. The Bertz CT molecular complexity index is 506. The van der Waals surface area contributed by atoms with E-state index in [1.165, 1.54) is 0 Å². The van der Waals surface area contributed by atoms with Crippen LogP contribution in [0.2, 0.25) is 0 Å². The van der Waals surface area contributed by atoms with Crippen LogP contribution in [-0.2, 0) is 13.0 Å². The quantitative estimate of drug-likeness (QED) is 0.939. The van der Waals surface area contributed by atoms with Crippen LogP contribution in [0.15, 0.2) is 22.0 Å². The smallest absolute Gasteiger partial charge is 0.131 e. The van der Waals surface area contributed by atoms with Crippen LogP contribution in [0.3, 0.4) is 0 Å². The van der Waals surface area contributed by atoms with Gasteiger partial charge in [0.1, 0.15) is 6.10 Å². The first-order chi connectivity index (χ1) is 8.17. The lowest BCUT2D eigenvalue weighted by atomic mass is 10.2. The molecule has 0 amide bonds. The van der Waals surface area contributed by atoms with Gasteiger partial charge in [0.05, 0.1) is 16.3 Å². The molecule has 0 radical (unpaired) electrons. The lowest BCUT2D eigenvalue weighted by Crippen LogP contribution is -2.08. The summed E-state index contributed by atoms with van der Waals surface area (Å²) in [7, 11) is 0. The number of rotatable bonds is 4. The summed E-state index contributed by atoms with van der Waals surface area (Å²) in [5.74, 6) is 0. The van der Waals surface area contributed by atoms with E-state index in [1.807, 2.05) is 29.1 Å². The molecule has 1 unspecified atom stereocenters. The number of aromatic nitrogens is 2. The van der Waals surface area contributed by atoms with Gasteiger partial charge >= 0.3 is 0 Å². The second kappa shape index (κ2) is 5.33. The van der Waals surface area contributed by atoms with Crippen molar-refractivity contribution < 1.29 is 5.11 Å². The minimum Gasteiger partial charge on any atom is -0.381 e. The van der Waals surface area contributed by atoms with Crippen molar-refractivity contribution in [3.63, 3.8) is 0 Å². The number of hydrogen-bond donors (Lipinski definition) is 1. The van der Waals surface area contributed by atoms with Crippen molar-refractivity contribution >= 4 is 27.3 Å².